The fourth-order valence-corrected chi connectivity index (χ4v) is 4.44. The summed E-state index contributed by atoms with van der Waals surface area (Å²) in [6.45, 7) is 6.25. The zero-order valence-corrected chi connectivity index (χ0v) is 15.1. The van der Waals surface area contributed by atoms with Crippen LogP contribution in [0.15, 0.2) is 12.2 Å². The average molecular weight is 307 g/mol. The van der Waals surface area contributed by atoms with Crippen molar-refractivity contribution >= 4 is 0 Å². The van der Waals surface area contributed by atoms with Gasteiger partial charge in [-0.2, -0.15) is 0 Å². The second-order valence-electron chi connectivity index (χ2n) is 7.74. The summed E-state index contributed by atoms with van der Waals surface area (Å²) >= 11 is 0. The van der Waals surface area contributed by atoms with E-state index in [1.165, 1.54) is 70.6 Å². The molecule has 1 heteroatoms. The second-order valence-corrected chi connectivity index (χ2v) is 7.74. The predicted molar refractivity (Wildman–Crippen MR) is 96.1 cm³/mol. The molecular weight excluding hydrogens is 268 g/mol. The highest BCUT2D eigenvalue weighted by atomic mass is 16.5. The summed E-state index contributed by atoms with van der Waals surface area (Å²) in [6.07, 6.45) is 20.7. The van der Waals surface area contributed by atoms with Crippen LogP contribution in [0.5, 0.6) is 0 Å². The van der Waals surface area contributed by atoms with Gasteiger partial charge in [0, 0.05) is 13.2 Å². The van der Waals surface area contributed by atoms with Gasteiger partial charge in [-0.15, -0.1) is 0 Å². The number of allylic oxidation sites excluding steroid dienone is 2. The maximum absolute atomic E-state index is 5.60. The molecule has 0 amide bonds. The highest BCUT2D eigenvalue weighted by Gasteiger charge is 2.24. The van der Waals surface area contributed by atoms with E-state index in [0.717, 1.165) is 36.9 Å². The molecule has 2 aliphatic rings. The molecule has 0 aromatic rings. The van der Waals surface area contributed by atoms with Crippen molar-refractivity contribution in [1.82, 2.24) is 0 Å². The van der Waals surface area contributed by atoms with Crippen molar-refractivity contribution in [1.29, 1.82) is 0 Å². The topological polar surface area (TPSA) is 9.23 Å². The molecule has 0 radical (unpaired) electrons. The van der Waals surface area contributed by atoms with E-state index in [-0.39, 0.29) is 0 Å². The van der Waals surface area contributed by atoms with Gasteiger partial charge in [-0.1, -0.05) is 44.8 Å². The Morgan fingerprint density at radius 1 is 0.773 bits per heavy atom. The standard InChI is InChI=1S/C21H38O/c1-3-5-6-18-7-9-19(10-8-18)11-12-20-13-15-21(16-14-20)17-22-4-2/h5-6,18-21H,3-4,7-17H2,1-2H3. The molecule has 0 atom stereocenters. The van der Waals surface area contributed by atoms with Crippen LogP contribution in [-0.2, 0) is 4.74 Å². The van der Waals surface area contributed by atoms with E-state index in [4.69, 9.17) is 4.74 Å². The molecule has 0 aromatic carbocycles. The lowest BCUT2D eigenvalue weighted by Crippen LogP contribution is -2.20. The Morgan fingerprint density at radius 2 is 1.32 bits per heavy atom. The smallest absolute Gasteiger partial charge is 0.0494 e. The average Bonchev–Trinajstić information content (AvgIpc) is 2.58. The van der Waals surface area contributed by atoms with Gasteiger partial charge in [0.05, 0.1) is 0 Å². The third kappa shape index (κ3) is 6.44. The third-order valence-electron chi connectivity index (χ3n) is 6.04. The molecule has 1 nitrogen and oxygen atoms in total. The number of hydrogen-bond acceptors (Lipinski definition) is 1. The SMILES string of the molecule is CCC=CC1CCC(CCC2CCC(COCC)CC2)CC1. The van der Waals surface area contributed by atoms with Crippen LogP contribution in [0.4, 0.5) is 0 Å². The van der Waals surface area contributed by atoms with Crippen molar-refractivity contribution in [2.24, 2.45) is 23.7 Å². The second kappa shape index (κ2) is 10.5. The number of rotatable bonds is 8. The molecule has 0 aromatic heterocycles. The van der Waals surface area contributed by atoms with Crippen molar-refractivity contribution in [2.45, 2.75) is 84.5 Å². The van der Waals surface area contributed by atoms with Gasteiger partial charge in [-0.25, -0.2) is 0 Å². The molecular formula is C21H38O. The largest absolute Gasteiger partial charge is 0.381 e. The minimum absolute atomic E-state index is 0.858. The zero-order valence-electron chi connectivity index (χ0n) is 15.1. The summed E-state index contributed by atoms with van der Waals surface area (Å²) in [6, 6.07) is 0. The van der Waals surface area contributed by atoms with Gasteiger partial charge >= 0.3 is 0 Å². The van der Waals surface area contributed by atoms with E-state index >= 15 is 0 Å². The fourth-order valence-electron chi connectivity index (χ4n) is 4.44. The van der Waals surface area contributed by atoms with Crippen LogP contribution in [0, 0.1) is 23.7 Å². The predicted octanol–water partition coefficient (Wildman–Crippen LogP) is 6.38. The van der Waals surface area contributed by atoms with Crippen LogP contribution < -0.4 is 0 Å². The minimum Gasteiger partial charge on any atom is -0.381 e. The molecule has 0 unspecified atom stereocenters. The summed E-state index contributed by atoms with van der Waals surface area (Å²) in [5.41, 5.74) is 0. The first-order valence-corrected chi connectivity index (χ1v) is 10.1. The van der Waals surface area contributed by atoms with E-state index in [2.05, 4.69) is 26.0 Å². The first-order chi connectivity index (χ1) is 10.8. The molecule has 0 saturated heterocycles. The van der Waals surface area contributed by atoms with Crippen molar-refractivity contribution in [3.63, 3.8) is 0 Å². The maximum atomic E-state index is 5.60. The van der Waals surface area contributed by atoms with Gasteiger partial charge in [0.25, 0.3) is 0 Å². The summed E-state index contributed by atoms with van der Waals surface area (Å²) in [5, 5.41) is 0. The maximum Gasteiger partial charge on any atom is 0.0494 e. The van der Waals surface area contributed by atoms with Crippen LogP contribution >= 0.6 is 0 Å². The summed E-state index contributed by atoms with van der Waals surface area (Å²) in [4.78, 5) is 0. The van der Waals surface area contributed by atoms with Gasteiger partial charge in [0.2, 0.25) is 0 Å². The van der Waals surface area contributed by atoms with Gasteiger partial charge in [0.1, 0.15) is 0 Å². The fraction of sp³-hybridized carbons (Fsp3) is 0.905. The van der Waals surface area contributed by atoms with E-state index in [1.807, 2.05) is 0 Å². The molecule has 2 aliphatic carbocycles. The van der Waals surface area contributed by atoms with E-state index < -0.39 is 0 Å². The van der Waals surface area contributed by atoms with Crippen LogP contribution in [-0.4, -0.2) is 13.2 Å². The summed E-state index contributed by atoms with van der Waals surface area (Å²) < 4.78 is 5.60. The molecule has 22 heavy (non-hydrogen) atoms. The molecule has 2 rings (SSSR count). The van der Waals surface area contributed by atoms with Crippen LogP contribution in [0.25, 0.3) is 0 Å². The van der Waals surface area contributed by atoms with Gasteiger partial charge in [-0.3, -0.25) is 0 Å². The van der Waals surface area contributed by atoms with Crippen LogP contribution in [0.3, 0.4) is 0 Å². The first kappa shape index (κ1) is 18.0. The lowest BCUT2D eigenvalue weighted by Gasteiger charge is -2.31. The minimum atomic E-state index is 0.858. The monoisotopic (exact) mass is 306 g/mol. The molecule has 0 heterocycles. The van der Waals surface area contributed by atoms with E-state index in [9.17, 15) is 0 Å². The lowest BCUT2D eigenvalue weighted by molar-refractivity contribution is 0.0844. The molecule has 0 bridgehead atoms. The zero-order chi connectivity index (χ0) is 15.6. The lowest BCUT2D eigenvalue weighted by atomic mass is 9.75. The first-order valence-electron chi connectivity index (χ1n) is 10.1. The van der Waals surface area contributed by atoms with Gasteiger partial charge in [0.15, 0.2) is 0 Å². The van der Waals surface area contributed by atoms with Crippen LogP contribution in [0.1, 0.15) is 84.5 Å². The summed E-state index contributed by atoms with van der Waals surface area (Å²) in [5.74, 6) is 3.81. The summed E-state index contributed by atoms with van der Waals surface area (Å²) in [7, 11) is 0. The van der Waals surface area contributed by atoms with Crippen molar-refractivity contribution in [2.75, 3.05) is 13.2 Å². The molecule has 0 N–H and O–H groups in total. The Hall–Kier alpha value is -0.300. The van der Waals surface area contributed by atoms with Gasteiger partial charge < -0.3 is 4.74 Å². The Morgan fingerprint density at radius 3 is 1.86 bits per heavy atom. The van der Waals surface area contributed by atoms with Crippen molar-refractivity contribution in [3.05, 3.63) is 12.2 Å². The third-order valence-corrected chi connectivity index (χ3v) is 6.04. The van der Waals surface area contributed by atoms with Gasteiger partial charge in [-0.05, 0) is 75.5 Å². The molecule has 2 fully saturated rings. The number of ether oxygens (including phenoxy) is 1. The van der Waals surface area contributed by atoms with Crippen molar-refractivity contribution < 1.29 is 4.74 Å². The number of hydrogen-bond donors (Lipinski definition) is 0. The van der Waals surface area contributed by atoms with Crippen molar-refractivity contribution in [3.8, 4) is 0 Å². The van der Waals surface area contributed by atoms with E-state index in [1.54, 1.807) is 0 Å². The Labute approximate surface area is 138 Å². The van der Waals surface area contributed by atoms with E-state index in [0.29, 0.717) is 0 Å². The Bertz CT molecular complexity index is 293. The normalized spacial score (nSPS) is 33.4. The molecule has 0 aliphatic heterocycles. The highest BCUT2D eigenvalue weighted by Crippen LogP contribution is 2.36. The molecule has 128 valence electrons. The molecule has 2 saturated carbocycles. The quantitative estimate of drug-likeness (QED) is 0.473. The Kier molecular flexibility index (Phi) is 8.59. The molecule has 0 spiro atoms. The Balaban J connectivity index is 1.55. The highest BCUT2D eigenvalue weighted by molar-refractivity contribution is 4.90. The van der Waals surface area contributed by atoms with Crippen LogP contribution in [0.2, 0.25) is 0 Å².